The van der Waals surface area contributed by atoms with Gasteiger partial charge in [0.1, 0.15) is 0 Å². The van der Waals surface area contributed by atoms with Crippen molar-refractivity contribution in [2.45, 2.75) is 39.5 Å². The minimum Gasteiger partial charge on any atom is -0.347 e. The predicted molar refractivity (Wildman–Crippen MR) is 87.6 cm³/mol. The van der Waals surface area contributed by atoms with Gasteiger partial charge in [0.15, 0.2) is 0 Å². The van der Waals surface area contributed by atoms with Crippen LogP contribution in [-0.2, 0) is 9.59 Å². The van der Waals surface area contributed by atoms with E-state index in [0.717, 1.165) is 38.9 Å². The molecule has 0 bridgehead atoms. The van der Waals surface area contributed by atoms with Crippen LogP contribution in [-0.4, -0.2) is 49.9 Å². The standard InChI is InChI=1S/C15H29N3O2.ClH/c1-12(2)4-5-14(19)17-11-15(20)18-8-6-13(7-9-18)10-16-3;/h12-13,16H,4-11H2,1-3H3,(H,17,19);1H. The molecule has 2 N–H and O–H groups in total. The Balaban J connectivity index is 0.00000400. The summed E-state index contributed by atoms with van der Waals surface area (Å²) in [5, 5.41) is 5.91. The lowest BCUT2D eigenvalue weighted by Crippen LogP contribution is -2.45. The monoisotopic (exact) mass is 319 g/mol. The van der Waals surface area contributed by atoms with Gasteiger partial charge in [-0.25, -0.2) is 0 Å². The molecule has 1 aliphatic heterocycles. The van der Waals surface area contributed by atoms with Crippen molar-refractivity contribution in [3.05, 3.63) is 0 Å². The number of halogens is 1. The van der Waals surface area contributed by atoms with Gasteiger partial charge in [-0.1, -0.05) is 13.8 Å². The van der Waals surface area contributed by atoms with Crippen molar-refractivity contribution in [2.75, 3.05) is 33.2 Å². The highest BCUT2D eigenvalue weighted by Crippen LogP contribution is 2.16. The molecule has 0 spiro atoms. The molecule has 1 fully saturated rings. The third-order valence-corrected chi connectivity index (χ3v) is 3.85. The van der Waals surface area contributed by atoms with Gasteiger partial charge in [-0.15, -0.1) is 12.4 Å². The van der Waals surface area contributed by atoms with Crippen LogP contribution < -0.4 is 10.6 Å². The highest BCUT2D eigenvalue weighted by atomic mass is 35.5. The Bertz CT molecular complexity index is 316. The molecule has 0 unspecified atom stereocenters. The zero-order chi connectivity index (χ0) is 15.0. The van der Waals surface area contributed by atoms with Gasteiger partial charge in [0.05, 0.1) is 6.54 Å². The summed E-state index contributed by atoms with van der Waals surface area (Å²) in [6, 6.07) is 0. The van der Waals surface area contributed by atoms with Crippen molar-refractivity contribution >= 4 is 24.2 Å². The number of likely N-dealkylation sites (tertiary alicyclic amines) is 1. The second kappa shape index (κ2) is 10.9. The number of hydrogen-bond acceptors (Lipinski definition) is 3. The molecule has 0 aliphatic carbocycles. The van der Waals surface area contributed by atoms with E-state index in [0.29, 0.717) is 18.3 Å². The maximum Gasteiger partial charge on any atom is 0.241 e. The normalized spacial score (nSPS) is 15.7. The minimum atomic E-state index is -0.0166. The third-order valence-electron chi connectivity index (χ3n) is 3.85. The first-order valence-corrected chi connectivity index (χ1v) is 7.72. The maximum absolute atomic E-state index is 12.0. The summed E-state index contributed by atoms with van der Waals surface area (Å²) in [6.07, 6.45) is 3.48. The maximum atomic E-state index is 12.0. The van der Waals surface area contributed by atoms with Gasteiger partial charge < -0.3 is 15.5 Å². The molecule has 21 heavy (non-hydrogen) atoms. The van der Waals surface area contributed by atoms with E-state index in [1.807, 2.05) is 11.9 Å². The van der Waals surface area contributed by atoms with E-state index in [9.17, 15) is 9.59 Å². The van der Waals surface area contributed by atoms with Crippen LogP contribution in [0.15, 0.2) is 0 Å². The Morgan fingerprint density at radius 2 is 1.86 bits per heavy atom. The summed E-state index contributed by atoms with van der Waals surface area (Å²) in [6.45, 7) is 6.98. The van der Waals surface area contributed by atoms with Crippen LogP contribution in [0.2, 0.25) is 0 Å². The first-order chi connectivity index (χ1) is 9.52. The molecule has 0 radical (unpaired) electrons. The minimum absolute atomic E-state index is 0. The summed E-state index contributed by atoms with van der Waals surface area (Å²) in [5.74, 6) is 1.22. The first-order valence-electron chi connectivity index (χ1n) is 7.72. The molecular weight excluding hydrogens is 290 g/mol. The van der Waals surface area contributed by atoms with Crippen LogP contribution in [0.1, 0.15) is 39.5 Å². The van der Waals surface area contributed by atoms with Gasteiger partial charge in [0.25, 0.3) is 0 Å². The van der Waals surface area contributed by atoms with E-state index in [4.69, 9.17) is 0 Å². The second-order valence-corrected chi connectivity index (χ2v) is 6.09. The molecule has 1 rings (SSSR count). The molecule has 0 saturated carbocycles. The number of amides is 2. The number of carbonyl (C=O) groups is 2. The van der Waals surface area contributed by atoms with Gasteiger partial charge in [-0.05, 0) is 44.7 Å². The predicted octanol–water partition coefficient (Wildman–Crippen LogP) is 1.42. The van der Waals surface area contributed by atoms with Gasteiger partial charge in [0.2, 0.25) is 11.8 Å². The Morgan fingerprint density at radius 3 is 2.38 bits per heavy atom. The highest BCUT2D eigenvalue weighted by molar-refractivity contribution is 5.85. The zero-order valence-electron chi connectivity index (χ0n) is 13.5. The lowest BCUT2D eigenvalue weighted by Gasteiger charge is -2.32. The largest absolute Gasteiger partial charge is 0.347 e. The van der Waals surface area contributed by atoms with Crippen molar-refractivity contribution < 1.29 is 9.59 Å². The van der Waals surface area contributed by atoms with Gasteiger partial charge in [-0.3, -0.25) is 9.59 Å². The first kappa shape index (κ1) is 20.2. The Labute approximate surface area is 134 Å². The number of rotatable bonds is 7. The molecule has 1 aliphatic rings. The summed E-state index contributed by atoms with van der Waals surface area (Å²) in [5.41, 5.74) is 0. The van der Waals surface area contributed by atoms with Crippen LogP contribution in [0.3, 0.4) is 0 Å². The van der Waals surface area contributed by atoms with Crippen molar-refractivity contribution in [3.8, 4) is 0 Å². The fourth-order valence-corrected chi connectivity index (χ4v) is 2.47. The van der Waals surface area contributed by atoms with Crippen LogP contribution in [0.4, 0.5) is 0 Å². The smallest absolute Gasteiger partial charge is 0.241 e. The lowest BCUT2D eigenvalue weighted by atomic mass is 9.97. The molecule has 1 heterocycles. The SMILES string of the molecule is CNCC1CCN(C(=O)CNC(=O)CCC(C)C)CC1.Cl. The Hall–Kier alpha value is -0.810. The second-order valence-electron chi connectivity index (χ2n) is 6.09. The van der Waals surface area contributed by atoms with E-state index in [1.54, 1.807) is 0 Å². The van der Waals surface area contributed by atoms with E-state index >= 15 is 0 Å². The summed E-state index contributed by atoms with van der Waals surface area (Å²) < 4.78 is 0. The van der Waals surface area contributed by atoms with Crippen LogP contribution >= 0.6 is 12.4 Å². The molecule has 0 aromatic rings. The van der Waals surface area contributed by atoms with Crippen molar-refractivity contribution in [2.24, 2.45) is 11.8 Å². The highest BCUT2D eigenvalue weighted by Gasteiger charge is 2.22. The Morgan fingerprint density at radius 1 is 1.24 bits per heavy atom. The summed E-state index contributed by atoms with van der Waals surface area (Å²) in [4.78, 5) is 25.5. The fraction of sp³-hybridized carbons (Fsp3) is 0.867. The van der Waals surface area contributed by atoms with E-state index < -0.39 is 0 Å². The number of carbonyl (C=O) groups excluding carboxylic acids is 2. The average Bonchev–Trinajstić information content (AvgIpc) is 2.43. The van der Waals surface area contributed by atoms with E-state index in [2.05, 4.69) is 24.5 Å². The topological polar surface area (TPSA) is 61.4 Å². The number of nitrogens with one attached hydrogen (secondary N) is 2. The van der Waals surface area contributed by atoms with E-state index in [-0.39, 0.29) is 30.8 Å². The van der Waals surface area contributed by atoms with Gasteiger partial charge in [0, 0.05) is 19.5 Å². The summed E-state index contributed by atoms with van der Waals surface area (Å²) in [7, 11) is 1.96. The molecule has 0 aromatic heterocycles. The van der Waals surface area contributed by atoms with Crippen LogP contribution in [0, 0.1) is 11.8 Å². The van der Waals surface area contributed by atoms with Crippen molar-refractivity contribution in [1.29, 1.82) is 0 Å². The molecule has 1 saturated heterocycles. The molecule has 124 valence electrons. The summed E-state index contributed by atoms with van der Waals surface area (Å²) >= 11 is 0. The molecular formula is C15H30ClN3O2. The fourth-order valence-electron chi connectivity index (χ4n) is 2.47. The van der Waals surface area contributed by atoms with Gasteiger partial charge in [-0.2, -0.15) is 0 Å². The van der Waals surface area contributed by atoms with Gasteiger partial charge >= 0.3 is 0 Å². The number of nitrogens with zero attached hydrogens (tertiary/aromatic N) is 1. The van der Waals surface area contributed by atoms with E-state index in [1.165, 1.54) is 0 Å². The molecule has 6 heteroatoms. The molecule has 0 atom stereocenters. The third kappa shape index (κ3) is 8.27. The lowest BCUT2D eigenvalue weighted by molar-refractivity contribution is -0.134. The quantitative estimate of drug-likeness (QED) is 0.746. The average molecular weight is 320 g/mol. The van der Waals surface area contributed by atoms with Crippen LogP contribution in [0.25, 0.3) is 0 Å². The van der Waals surface area contributed by atoms with Crippen LogP contribution in [0.5, 0.6) is 0 Å². The number of hydrogen-bond donors (Lipinski definition) is 2. The molecule has 2 amide bonds. The number of piperidine rings is 1. The molecule has 0 aromatic carbocycles. The van der Waals surface area contributed by atoms with Crippen molar-refractivity contribution in [3.63, 3.8) is 0 Å². The Kier molecular flexibility index (Phi) is 10.4. The molecule has 5 nitrogen and oxygen atoms in total. The van der Waals surface area contributed by atoms with Crippen molar-refractivity contribution in [1.82, 2.24) is 15.5 Å². The zero-order valence-corrected chi connectivity index (χ0v) is 14.3.